The summed E-state index contributed by atoms with van der Waals surface area (Å²) in [5.74, 6) is 0.115. The van der Waals surface area contributed by atoms with Gasteiger partial charge < -0.3 is 10.1 Å². The molecular weight excluding hydrogens is 207 g/mol. The van der Waals surface area contributed by atoms with Crippen LogP contribution in [-0.4, -0.2) is 18.1 Å². The fourth-order valence-electron chi connectivity index (χ4n) is 1.26. The maximum atomic E-state index is 13.0. The maximum Gasteiger partial charge on any atom is 0.218 e. The van der Waals surface area contributed by atoms with E-state index in [0.29, 0.717) is 19.0 Å². The number of nitrogens with one attached hydrogen (secondary N) is 1. The van der Waals surface area contributed by atoms with Crippen molar-refractivity contribution in [3.8, 4) is 5.88 Å². The molecule has 0 bridgehead atoms. The van der Waals surface area contributed by atoms with Gasteiger partial charge in [0.25, 0.3) is 0 Å². The predicted octanol–water partition coefficient (Wildman–Crippen LogP) is 2.29. The third kappa shape index (κ3) is 3.98. The number of ether oxygens (including phenoxy) is 1. The minimum atomic E-state index is -0.348. The van der Waals surface area contributed by atoms with Crippen LogP contribution < -0.4 is 10.1 Å². The maximum absolute atomic E-state index is 13.0. The van der Waals surface area contributed by atoms with Crippen LogP contribution in [0.5, 0.6) is 5.88 Å². The molecule has 4 heteroatoms. The molecule has 1 rings (SSSR count). The lowest BCUT2D eigenvalue weighted by atomic mass is 10.2. The summed E-state index contributed by atoms with van der Waals surface area (Å²) in [6.07, 6.45) is 3.82. The molecule has 0 spiro atoms. The van der Waals surface area contributed by atoms with E-state index in [9.17, 15) is 4.39 Å². The van der Waals surface area contributed by atoms with Crippen LogP contribution in [0.25, 0.3) is 0 Å². The third-order valence-electron chi connectivity index (χ3n) is 1.97. The molecule has 1 aromatic rings. The van der Waals surface area contributed by atoms with E-state index in [1.54, 1.807) is 6.08 Å². The Morgan fingerprint density at radius 1 is 1.62 bits per heavy atom. The highest BCUT2D eigenvalue weighted by molar-refractivity contribution is 5.26. The zero-order chi connectivity index (χ0) is 11.8. The lowest BCUT2D eigenvalue weighted by molar-refractivity contribution is 0.341. The van der Waals surface area contributed by atoms with E-state index >= 15 is 0 Å². The van der Waals surface area contributed by atoms with E-state index in [1.807, 2.05) is 0 Å². The van der Waals surface area contributed by atoms with Gasteiger partial charge in [0.05, 0.1) is 6.20 Å². The van der Waals surface area contributed by atoms with E-state index in [0.717, 1.165) is 24.7 Å². The van der Waals surface area contributed by atoms with E-state index in [2.05, 4.69) is 23.8 Å². The molecule has 1 aromatic heterocycles. The number of rotatable bonds is 7. The number of aromatic nitrogens is 1. The zero-order valence-electron chi connectivity index (χ0n) is 9.50. The molecule has 0 unspecified atom stereocenters. The molecule has 0 aliphatic heterocycles. The second-order valence-electron chi connectivity index (χ2n) is 3.39. The molecular formula is C12H17FN2O. The van der Waals surface area contributed by atoms with Gasteiger partial charge in [-0.15, -0.1) is 0 Å². The predicted molar refractivity (Wildman–Crippen MR) is 61.9 cm³/mol. The van der Waals surface area contributed by atoms with Gasteiger partial charge in [-0.3, -0.25) is 0 Å². The van der Waals surface area contributed by atoms with E-state index in [-0.39, 0.29) is 5.82 Å². The highest BCUT2D eigenvalue weighted by Crippen LogP contribution is 2.15. The second-order valence-corrected chi connectivity index (χ2v) is 3.39. The Balaban J connectivity index is 2.68. The fraction of sp³-hybridized carbons (Fsp3) is 0.417. The largest absolute Gasteiger partial charge is 0.473 e. The summed E-state index contributed by atoms with van der Waals surface area (Å²) in [7, 11) is 0. The topological polar surface area (TPSA) is 34.1 Å². The smallest absolute Gasteiger partial charge is 0.218 e. The number of pyridine rings is 1. The molecule has 0 amide bonds. The normalized spacial score (nSPS) is 10.1. The van der Waals surface area contributed by atoms with Crippen molar-refractivity contribution < 1.29 is 9.13 Å². The molecule has 0 aliphatic carbocycles. The average molecular weight is 224 g/mol. The Bertz CT molecular complexity index is 342. The van der Waals surface area contributed by atoms with Crippen LogP contribution in [0.3, 0.4) is 0 Å². The van der Waals surface area contributed by atoms with E-state index in [4.69, 9.17) is 4.74 Å². The van der Waals surface area contributed by atoms with Crippen molar-refractivity contribution in [2.45, 2.75) is 19.9 Å². The van der Waals surface area contributed by atoms with Crippen molar-refractivity contribution in [3.63, 3.8) is 0 Å². The van der Waals surface area contributed by atoms with Gasteiger partial charge in [-0.2, -0.15) is 0 Å². The Hall–Kier alpha value is -1.42. The molecule has 0 aliphatic rings. The molecule has 1 N–H and O–H groups in total. The first kappa shape index (κ1) is 12.6. The molecule has 0 radical (unpaired) electrons. The Morgan fingerprint density at radius 3 is 3.12 bits per heavy atom. The standard InChI is InChI=1S/C12H17FN2O/c1-3-5-14-8-10-7-11(13)9-15-12(10)16-6-4-2/h4,7,9,14H,2-3,5-6,8H2,1H3. The van der Waals surface area contributed by atoms with Gasteiger partial charge in [-0.05, 0) is 19.0 Å². The number of hydrogen-bond acceptors (Lipinski definition) is 3. The van der Waals surface area contributed by atoms with E-state index in [1.165, 1.54) is 6.07 Å². The molecule has 0 aromatic carbocycles. The third-order valence-corrected chi connectivity index (χ3v) is 1.97. The summed E-state index contributed by atoms with van der Waals surface area (Å²) in [6.45, 7) is 7.45. The van der Waals surface area contributed by atoms with Crippen LogP contribution in [0.2, 0.25) is 0 Å². The molecule has 0 atom stereocenters. The van der Waals surface area contributed by atoms with Gasteiger partial charge in [-0.25, -0.2) is 9.37 Å². The Kier molecular flexibility index (Phi) is 5.50. The molecule has 0 fully saturated rings. The summed E-state index contributed by atoms with van der Waals surface area (Å²) in [6, 6.07) is 1.44. The van der Waals surface area contributed by atoms with Crippen LogP contribution in [0.1, 0.15) is 18.9 Å². The highest BCUT2D eigenvalue weighted by Gasteiger charge is 2.06. The number of nitrogens with zero attached hydrogens (tertiary/aromatic N) is 1. The molecule has 0 saturated carbocycles. The van der Waals surface area contributed by atoms with Crippen molar-refractivity contribution >= 4 is 0 Å². The number of hydrogen-bond donors (Lipinski definition) is 1. The van der Waals surface area contributed by atoms with Gasteiger partial charge in [0.1, 0.15) is 12.4 Å². The SMILES string of the molecule is C=CCOc1ncc(F)cc1CNCCC. The van der Waals surface area contributed by atoms with Gasteiger partial charge in [0, 0.05) is 12.1 Å². The van der Waals surface area contributed by atoms with Crippen LogP contribution in [0, 0.1) is 5.82 Å². The fourth-order valence-corrected chi connectivity index (χ4v) is 1.26. The molecule has 16 heavy (non-hydrogen) atoms. The van der Waals surface area contributed by atoms with Crippen molar-refractivity contribution in [3.05, 3.63) is 36.3 Å². The zero-order valence-corrected chi connectivity index (χ0v) is 9.50. The number of halogens is 1. The minimum absolute atomic E-state index is 0.348. The van der Waals surface area contributed by atoms with Crippen LogP contribution >= 0.6 is 0 Å². The Labute approximate surface area is 95.3 Å². The first-order valence-electron chi connectivity index (χ1n) is 5.36. The van der Waals surface area contributed by atoms with E-state index < -0.39 is 0 Å². The van der Waals surface area contributed by atoms with Crippen LogP contribution in [0.4, 0.5) is 4.39 Å². The second kappa shape index (κ2) is 6.95. The highest BCUT2D eigenvalue weighted by atomic mass is 19.1. The van der Waals surface area contributed by atoms with Crippen molar-refractivity contribution in [1.29, 1.82) is 0 Å². The molecule has 0 saturated heterocycles. The van der Waals surface area contributed by atoms with Crippen molar-refractivity contribution in [2.24, 2.45) is 0 Å². The van der Waals surface area contributed by atoms with Gasteiger partial charge in [0.15, 0.2) is 0 Å². The first-order valence-corrected chi connectivity index (χ1v) is 5.36. The molecule has 1 heterocycles. The quantitative estimate of drug-likeness (QED) is 0.570. The molecule has 88 valence electrons. The summed E-state index contributed by atoms with van der Waals surface area (Å²) in [5.41, 5.74) is 0.732. The lowest BCUT2D eigenvalue weighted by Gasteiger charge is -2.09. The van der Waals surface area contributed by atoms with Crippen molar-refractivity contribution in [2.75, 3.05) is 13.2 Å². The lowest BCUT2D eigenvalue weighted by Crippen LogP contribution is -2.15. The first-order chi connectivity index (χ1) is 7.77. The summed E-state index contributed by atoms with van der Waals surface area (Å²) >= 11 is 0. The monoisotopic (exact) mass is 224 g/mol. The van der Waals surface area contributed by atoms with Gasteiger partial charge in [0.2, 0.25) is 5.88 Å². The molecule has 3 nitrogen and oxygen atoms in total. The summed E-state index contributed by atoms with van der Waals surface area (Å²) in [4.78, 5) is 3.91. The average Bonchev–Trinajstić information content (AvgIpc) is 2.28. The summed E-state index contributed by atoms with van der Waals surface area (Å²) < 4.78 is 18.3. The van der Waals surface area contributed by atoms with Crippen molar-refractivity contribution in [1.82, 2.24) is 10.3 Å². The summed E-state index contributed by atoms with van der Waals surface area (Å²) in [5, 5.41) is 3.18. The van der Waals surface area contributed by atoms with Crippen LogP contribution in [0.15, 0.2) is 24.9 Å². The van der Waals surface area contributed by atoms with Gasteiger partial charge >= 0.3 is 0 Å². The Morgan fingerprint density at radius 2 is 2.44 bits per heavy atom. The van der Waals surface area contributed by atoms with Crippen LogP contribution in [-0.2, 0) is 6.54 Å². The minimum Gasteiger partial charge on any atom is -0.473 e. The van der Waals surface area contributed by atoms with Gasteiger partial charge in [-0.1, -0.05) is 19.6 Å².